The molecular weight excluding hydrogens is 166 g/mol. The average molecular weight is 183 g/mol. The maximum Gasteiger partial charge on any atom is 0.317 e. The van der Waals surface area contributed by atoms with Crippen molar-refractivity contribution in [1.29, 1.82) is 0 Å². The molecule has 2 fully saturated rings. The standard InChI is InChI=1S/C9H17N3O/c1-2-11-5-6-12-8(7-11)3-4-10-9(12)13/h8H,2-7H2,1H3,(H,10,13). The summed E-state index contributed by atoms with van der Waals surface area (Å²) in [5.41, 5.74) is 0. The molecule has 0 radical (unpaired) electrons. The third-order valence-electron chi connectivity index (χ3n) is 3.03. The predicted molar refractivity (Wildman–Crippen MR) is 50.6 cm³/mol. The number of urea groups is 1. The number of nitrogens with zero attached hydrogens (tertiary/aromatic N) is 2. The number of carbonyl (C=O) groups is 1. The molecule has 2 amide bonds. The van der Waals surface area contributed by atoms with Crippen molar-refractivity contribution in [3.05, 3.63) is 0 Å². The number of hydrogen-bond donors (Lipinski definition) is 1. The Morgan fingerprint density at radius 3 is 3.15 bits per heavy atom. The van der Waals surface area contributed by atoms with Crippen molar-refractivity contribution in [1.82, 2.24) is 15.1 Å². The summed E-state index contributed by atoms with van der Waals surface area (Å²) in [6.45, 7) is 7.11. The number of carbonyl (C=O) groups excluding carboxylic acids is 1. The molecule has 74 valence electrons. The van der Waals surface area contributed by atoms with E-state index in [0.717, 1.165) is 39.1 Å². The zero-order valence-electron chi connectivity index (χ0n) is 8.12. The van der Waals surface area contributed by atoms with Crippen molar-refractivity contribution in [3.8, 4) is 0 Å². The van der Waals surface area contributed by atoms with Crippen LogP contribution in [0, 0.1) is 0 Å². The Bertz CT molecular complexity index is 207. The Balaban J connectivity index is 1.99. The van der Waals surface area contributed by atoms with Gasteiger partial charge in [-0.25, -0.2) is 4.79 Å². The summed E-state index contributed by atoms with van der Waals surface area (Å²) >= 11 is 0. The van der Waals surface area contributed by atoms with Gasteiger partial charge in [0, 0.05) is 32.2 Å². The van der Waals surface area contributed by atoms with Gasteiger partial charge in [0.15, 0.2) is 0 Å². The first-order chi connectivity index (χ1) is 6.31. The lowest BCUT2D eigenvalue weighted by molar-refractivity contribution is 0.0806. The Morgan fingerprint density at radius 2 is 2.38 bits per heavy atom. The van der Waals surface area contributed by atoms with Crippen LogP contribution in [-0.4, -0.2) is 54.6 Å². The summed E-state index contributed by atoms with van der Waals surface area (Å²) in [5, 5.41) is 2.88. The summed E-state index contributed by atoms with van der Waals surface area (Å²) < 4.78 is 0. The van der Waals surface area contributed by atoms with Gasteiger partial charge in [0.25, 0.3) is 0 Å². The summed E-state index contributed by atoms with van der Waals surface area (Å²) in [6, 6.07) is 0.592. The molecule has 1 N–H and O–H groups in total. The van der Waals surface area contributed by atoms with Crippen LogP contribution >= 0.6 is 0 Å². The lowest BCUT2D eigenvalue weighted by atomic mass is 10.1. The summed E-state index contributed by atoms with van der Waals surface area (Å²) in [7, 11) is 0. The molecule has 2 rings (SSSR count). The van der Waals surface area contributed by atoms with Gasteiger partial charge in [0.05, 0.1) is 0 Å². The second kappa shape index (κ2) is 3.54. The number of fused-ring (bicyclic) bond motifs is 1. The Hall–Kier alpha value is -0.770. The SMILES string of the molecule is CCN1CCN2C(=O)NCCC2C1. The van der Waals surface area contributed by atoms with Gasteiger partial charge in [0.2, 0.25) is 0 Å². The lowest BCUT2D eigenvalue weighted by Gasteiger charge is -2.43. The maximum absolute atomic E-state index is 11.4. The highest BCUT2D eigenvalue weighted by atomic mass is 16.2. The van der Waals surface area contributed by atoms with E-state index in [-0.39, 0.29) is 6.03 Å². The van der Waals surface area contributed by atoms with Crippen molar-refractivity contribution in [2.24, 2.45) is 0 Å². The Labute approximate surface area is 78.9 Å². The number of nitrogens with one attached hydrogen (secondary N) is 1. The highest BCUT2D eigenvalue weighted by Gasteiger charge is 2.32. The van der Waals surface area contributed by atoms with E-state index in [1.807, 2.05) is 4.90 Å². The smallest absolute Gasteiger partial charge is 0.317 e. The van der Waals surface area contributed by atoms with Gasteiger partial charge < -0.3 is 10.2 Å². The van der Waals surface area contributed by atoms with E-state index >= 15 is 0 Å². The van der Waals surface area contributed by atoms with Crippen LogP contribution in [0.4, 0.5) is 4.79 Å². The monoisotopic (exact) mass is 183 g/mol. The van der Waals surface area contributed by atoms with Gasteiger partial charge in [0.1, 0.15) is 0 Å². The number of rotatable bonds is 1. The van der Waals surface area contributed by atoms with Crippen molar-refractivity contribution in [2.45, 2.75) is 19.4 Å². The molecule has 2 aliphatic rings. The third-order valence-corrected chi connectivity index (χ3v) is 3.03. The molecule has 0 aromatic carbocycles. The molecule has 0 aliphatic carbocycles. The van der Waals surface area contributed by atoms with E-state index in [0.29, 0.717) is 6.04 Å². The zero-order valence-corrected chi connectivity index (χ0v) is 8.12. The molecule has 1 unspecified atom stereocenters. The quantitative estimate of drug-likeness (QED) is 0.626. The predicted octanol–water partition coefficient (Wildman–Crippen LogP) is 0.106. The minimum Gasteiger partial charge on any atom is -0.338 e. The van der Waals surface area contributed by atoms with Gasteiger partial charge in [-0.3, -0.25) is 4.90 Å². The van der Waals surface area contributed by atoms with E-state index in [4.69, 9.17) is 0 Å². The van der Waals surface area contributed by atoms with Crippen LogP contribution in [0.5, 0.6) is 0 Å². The minimum atomic E-state index is 0.131. The summed E-state index contributed by atoms with van der Waals surface area (Å²) in [4.78, 5) is 15.8. The van der Waals surface area contributed by atoms with Crippen LogP contribution in [0.25, 0.3) is 0 Å². The fraction of sp³-hybridized carbons (Fsp3) is 0.889. The minimum absolute atomic E-state index is 0.131. The van der Waals surface area contributed by atoms with E-state index < -0.39 is 0 Å². The van der Waals surface area contributed by atoms with E-state index in [1.165, 1.54) is 0 Å². The van der Waals surface area contributed by atoms with Gasteiger partial charge in [-0.2, -0.15) is 0 Å². The molecule has 0 aromatic rings. The summed E-state index contributed by atoms with van der Waals surface area (Å²) in [6.07, 6.45) is 1.10. The molecule has 13 heavy (non-hydrogen) atoms. The number of amides is 2. The van der Waals surface area contributed by atoms with Gasteiger partial charge >= 0.3 is 6.03 Å². The van der Waals surface area contributed by atoms with Gasteiger partial charge in [-0.05, 0) is 13.0 Å². The molecule has 2 heterocycles. The molecule has 0 aromatic heterocycles. The normalized spacial score (nSPS) is 29.8. The first kappa shape index (κ1) is 8.81. The molecular formula is C9H17N3O. The highest BCUT2D eigenvalue weighted by Crippen LogP contribution is 2.15. The number of piperazine rings is 1. The van der Waals surface area contributed by atoms with Crippen molar-refractivity contribution in [3.63, 3.8) is 0 Å². The molecule has 2 saturated heterocycles. The van der Waals surface area contributed by atoms with Crippen LogP contribution in [0.3, 0.4) is 0 Å². The van der Waals surface area contributed by atoms with E-state index in [9.17, 15) is 4.79 Å². The number of likely N-dealkylation sites (N-methyl/N-ethyl adjacent to an activating group) is 1. The molecule has 2 aliphatic heterocycles. The molecule has 0 bridgehead atoms. The first-order valence-electron chi connectivity index (χ1n) is 5.08. The maximum atomic E-state index is 11.4. The fourth-order valence-electron chi connectivity index (χ4n) is 2.17. The van der Waals surface area contributed by atoms with E-state index in [1.54, 1.807) is 0 Å². The summed E-state index contributed by atoms with van der Waals surface area (Å²) in [5.74, 6) is 0. The van der Waals surface area contributed by atoms with Crippen LogP contribution in [-0.2, 0) is 0 Å². The van der Waals surface area contributed by atoms with Gasteiger partial charge in [-0.15, -0.1) is 0 Å². The van der Waals surface area contributed by atoms with Crippen LogP contribution in [0.2, 0.25) is 0 Å². The van der Waals surface area contributed by atoms with Crippen molar-refractivity contribution in [2.75, 3.05) is 32.7 Å². The van der Waals surface area contributed by atoms with E-state index in [2.05, 4.69) is 17.1 Å². The highest BCUT2D eigenvalue weighted by molar-refractivity contribution is 5.75. The van der Waals surface area contributed by atoms with Crippen molar-refractivity contribution >= 4 is 6.03 Å². The van der Waals surface area contributed by atoms with Crippen LogP contribution in [0.1, 0.15) is 13.3 Å². The second-order valence-electron chi connectivity index (χ2n) is 3.76. The lowest BCUT2D eigenvalue weighted by Crippen LogP contribution is -2.61. The molecule has 4 nitrogen and oxygen atoms in total. The largest absolute Gasteiger partial charge is 0.338 e. The van der Waals surface area contributed by atoms with Crippen molar-refractivity contribution < 1.29 is 4.79 Å². The van der Waals surface area contributed by atoms with Crippen LogP contribution in [0.15, 0.2) is 0 Å². The fourth-order valence-corrected chi connectivity index (χ4v) is 2.17. The topological polar surface area (TPSA) is 35.6 Å². The first-order valence-corrected chi connectivity index (χ1v) is 5.08. The Morgan fingerprint density at radius 1 is 1.54 bits per heavy atom. The molecule has 0 spiro atoms. The Kier molecular flexibility index (Phi) is 2.40. The average Bonchev–Trinajstić information content (AvgIpc) is 2.18. The zero-order chi connectivity index (χ0) is 9.26. The molecule has 1 atom stereocenters. The number of hydrogen-bond acceptors (Lipinski definition) is 2. The second-order valence-corrected chi connectivity index (χ2v) is 3.76. The van der Waals surface area contributed by atoms with Gasteiger partial charge in [-0.1, -0.05) is 6.92 Å². The molecule has 4 heteroatoms. The third kappa shape index (κ3) is 1.63. The molecule has 0 saturated carbocycles. The van der Waals surface area contributed by atoms with Crippen LogP contribution < -0.4 is 5.32 Å².